The summed E-state index contributed by atoms with van der Waals surface area (Å²) in [4.78, 5) is -0.00926. The number of sulfonamides is 1. The van der Waals surface area contributed by atoms with Crippen molar-refractivity contribution < 1.29 is 35.8 Å². The Kier molecular flexibility index (Phi) is 7.06. The van der Waals surface area contributed by atoms with Gasteiger partial charge in [0.25, 0.3) is 10.0 Å². The van der Waals surface area contributed by atoms with Crippen LogP contribution in [-0.2, 0) is 22.7 Å². The molecule has 0 heterocycles. The molecule has 0 atom stereocenters. The summed E-state index contributed by atoms with van der Waals surface area (Å²) in [6, 6.07) is 14.7. The van der Waals surface area contributed by atoms with Gasteiger partial charge in [0.05, 0.1) is 44.0 Å². The molecule has 0 N–H and O–H groups in total. The second-order valence-electron chi connectivity index (χ2n) is 6.92. The van der Waals surface area contributed by atoms with E-state index in [0.29, 0.717) is 22.8 Å². The molecule has 3 rings (SSSR count). The highest BCUT2D eigenvalue weighted by molar-refractivity contribution is 7.92. The lowest BCUT2D eigenvalue weighted by Gasteiger charge is -2.26. The van der Waals surface area contributed by atoms with E-state index in [-0.39, 0.29) is 17.1 Å². The fraction of sp³-hybridized carbons (Fsp3) is 0.217. The Morgan fingerprint density at radius 2 is 1.39 bits per heavy atom. The predicted octanol–water partition coefficient (Wildman–Crippen LogP) is 5.13. The third kappa shape index (κ3) is 5.33. The quantitative estimate of drug-likeness (QED) is 0.447. The van der Waals surface area contributed by atoms with Crippen LogP contribution in [0.15, 0.2) is 71.6 Å². The molecule has 33 heavy (non-hydrogen) atoms. The standard InChI is InChI=1S/C23H22F3NO5S/c1-30-19-9-11-20(12-10-19)33(28,29)27(18-8-13-21(31-2)22(14-18)32-3)15-16-4-6-17(7-5-16)23(24,25)26/h4-14H,15H2,1-3H3. The van der Waals surface area contributed by atoms with Crippen LogP contribution < -0.4 is 18.5 Å². The van der Waals surface area contributed by atoms with E-state index in [1.165, 1.54) is 69.9 Å². The Balaban J connectivity index is 2.08. The number of alkyl halides is 3. The van der Waals surface area contributed by atoms with Gasteiger partial charge in [-0.1, -0.05) is 12.1 Å². The Morgan fingerprint density at radius 1 is 0.788 bits per heavy atom. The van der Waals surface area contributed by atoms with Gasteiger partial charge in [0.1, 0.15) is 5.75 Å². The van der Waals surface area contributed by atoms with Crippen LogP contribution in [0.4, 0.5) is 18.9 Å². The van der Waals surface area contributed by atoms with Crippen molar-refractivity contribution >= 4 is 15.7 Å². The summed E-state index contributed by atoms with van der Waals surface area (Å²) < 4.78 is 82.6. The summed E-state index contributed by atoms with van der Waals surface area (Å²) in [5, 5.41) is 0. The number of halogens is 3. The third-order valence-electron chi connectivity index (χ3n) is 4.91. The molecule has 0 aliphatic rings. The van der Waals surface area contributed by atoms with Crippen molar-refractivity contribution in [1.29, 1.82) is 0 Å². The van der Waals surface area contributed by atoms with Crippen LogP contribution in [0.1, 0.15) is 11.1 Å². The van der Waals surface area contributed by atoms with Gasteiger partial charge in [0.2, 0.25) is 0 Å². The van der Waals surface area contributed by atoms with Crippen molar-refractivity contribution in [2.45, 2.75) is 17.6 Å². The number of nitrogens with zero attached hydrogens (tertiary/aromatic N) is 1. The van der Waals surface area contributed by atoms with Crippen molar-refractivity contribution in [3.63, 3.8) is 0 Å². The maximum atomic E-state index is 13.6. The Morgan fingerprint density at radius 3 is 1.91 bits per heavy atom. The van der Waals surface area contributed by atoms with E-state index < -0.39 is 21.8 Å². The van der Waals surface area contributed by atoms with Gasteiger partial charge in [0.15, 0.2) is 11.5 Å². The summed E-state index contributed by atoms with van der Waals surface area (Å²) in [6.45, 7) is -0.206. The van der Waals surface area contributed by atoms with E-state index in [4.69, 9.17) is 14.2 Å². The molecule has 10 heteroatoms. The summed E-state index contributed by atoms with van der Waals surface area (Å²) >= 11 is 0. The number of hydrogen-bond donors (Lipinski definition) is 0. The number of hydrogen-bond acceptors (Lipinski definition) is 5. The van der Waals surface area contributed by atoms with Crippen LogP contribution in [-0.4, -0.2) is 29.7 Å². The van der Waals surface area contributed by atoms with Gasteiger partial charge in [0, 0.05) is 6.07 Å². The van der Waals surface area contributed by atoms with Gasteiger partial charge in [-0.05, 0) is 54.1 Å². The molecule has 0 bridgehead atoms. The van der Waals surface area contributed by atoms with Crippen molar-refractivity contribution in [3.05, 3.63) is 77.9 Å². The first kappa shape index (κ1) is 24.2. The Hall–Kier alpha value is -3.40. The van der Waals surface area contributed by atoms with Gasteiger partial charge >= 0.3 is 6.18 Å². The topological polar surface area (TPSA) is 65.1 Å². The van der Waals surface area contributed by atoms with E-state index in [1.807, 2.05) is 0 Å². The summed E-state index contributed by atoms with van der Waals surface area (Å²) in [5.74, 6) is 1.18. The second kappa shape index (κ2) is 9.62. The molecule has 0 unspecified atom stereocenters. The molecule has 0 amide bonds. The minimum atomic E-state index is -4.49. The predicted molar refractivity (Wildman–Crippen MR) is 117 cm³/mol. The summed E-state index contributed by atoms with van der Waals surface area (Å²) in [7, 11) is 0.228. The monoisotopic (exact) mass is 481 g/mol. The highest BCUT2D eigenvalue weighted by Gasteiger charge is 2.31. The first-order valence-corrected chi connectivity index (χ1v) is 11.1. The molecule has 0 aliphatic carbocycles. The molecular formula is C23H22F3NO5S. The fourth-order valence-corrected chi connectivity index (χ4v) is 4.58. The third-order valence-corrected chi connectivity index (χ3v) is 6.70. The SMILES string of the molecule is COc1ccc(S(=O)(=O)N(Cc2ccc(C(F)(F)F)cc2)c2ccc(OC)c(OC)c2)cc1. The zero-order valence-corrected chi connectivity index (χ0v) is 18.9. The molecule has 3 aromatic carbocycles. The van der Waals surface area contributed by atoms with Gasteiger partial charge in [-0.3, -0.25) is 4.31 Å². The van der Waals surface area contributed by atoms with Gasteiger partial charge < -0.3 is 14.2 Å². The van der Waals surface area contributed by atoms with Crippen LogP contribution in [0.2, 0.25) is 0 Å². The normalized spacial score (nSPS) is 11.7. The minimum absolute atomic E-state index is 0.00926. The Labute approximate surface area is 190 Å². The largest absolute Gasteiger partial charge is 0.497 e. The maximum absolute atomic E-state index is 13.6. The van der Waals surface area contributed by atoms with E-state index >= 15 is 0 Å². The fourth-order valence-electron chi connectivity index (χ4n) is 3.13. The molecule has 0 aromatic heterocycles. The van der Waals surface area contributed by atoms with E-state index in [2.05, 4.69) is 0 Å². The number of benzene rings is 3. The Bertz CT molecular complexity index is 1190. The van der Waals surface area contributed by atoms with Crippen molar-refractivity contribution in [2.24, 2.45) is 0 Å². The molecule has 176 valence electrons. The van der Waals surface area contributed by atoms with E-state index in [9.17, 15) is 21.6 Å². The average molecular weight is 481 g/mol. The second-order valence-corrected chi connectivity index (χ2v) is 8.78. The smallest absolute Gasteiger partial charge is 0.416 e. The molecule has 0 aliphatic heterocycles. The highest BCUT2D eigenvalue weighted by atomic mass is 32.2. The van der Waals surface area contributed by atoms with Crippen molar-refractivity contribution in [3.8, 4) is 17.2 Å². The number of methoxy groups -OCH3 is 3. The summed E-state index contributed by atoms with van der Waals surface area (Å²) in [5.41, 5.74) is -0.194. The molecule has 6 nitrogen and oxygen atoms in total. The van der Waals surface area contributed by atoms with Crippen LogP contribution in [0, 0.1) is 0 Å². The first-order valence-electron chi connectivity index (χ1n) is 9.65. The van der Waals surface area contributed by atoms with Gasteiger partial charge in [-0.2, -0.15) is 13.2 Å². The average Bonchev–Trinajstić information content (AvgIpc) is 2.81. The lowest BCUT2D eigenvalue weighted by atomic mass is 10.1. The van der Waals surface area contributed by atoms with E-state index in [0.717, 1.165) is 16.4 Å². The van der Waals surface area contributed by atoms with Crippen molar-refractivity contribution in [2.75, 3.05) is 25.6 Å². The number of ether oxygens (including phenoxy) is 3. The zero-order valence-electron chi connectivity index (χ0n) is 18.1. The minimum Gasteiger partial charge on any atom is -0.497 e. The van der Waals surface area contributed by atoms with Gasteiger partial charge in [-0.25, -0.2) is 8.42 Å². The summed E-state index contributed by atoms with van der Waals surface area (Å²) in [6.07, 6.45) is -4.49. The maximum Gasteiger partial charge on any atom is 0.416 e. The number of anilines is 1. The molecule has 0 saturated carbocycles. The lowest BCUT2D eigenvalue weighted by Crippen LogP contribution is -2.30. The first-order chi connectivity index (χ1) is 15.6. The lowest BCUT2D eigenvalue weighted by molar-refractivity contribution is -0.137. The van der Waals surface area contributed by atoms with Crippen molar-refractivity contribution in [1.82, 2.24) is 0 Å². The molecule has 0 fully saturated rings. The number of rotatable bonds is 8. The van der Waals surface area contributed by atoms with Gasteiger partial charge in [-0.15, -0.1) is 0 Å². The molecule has 3 aromatic rings. The molecular weight excluding hydrogens is 459 g/mol. The molecule has 0 saturated heterocycles. The molecule has 0 radical (unpaired) electrons. The highest BCUT2D eigenvalue weighted by Crippen LogP contribution is 2.35. The zero-order chi connectivity index (χ0) is 24.2. The van der Waals surface area contributed by atoms with Crippen LogP contribution in [0.3, 0.4) is 0 Å². The van der Waals surface area contributed by atoms with E-state index in [1.54, 1.807) is 6.07 Å². The van der Waals surface area contributed by atoms with Crippen LogP contribution >= 0.6 is 0 Å². The van der Waals surface area contributed by atoms with Crippen LogP contribution in [0.25, 0.3) is 0 Å². The van der Waals surface area contributed by atoms with Crippen LogP contribution in [0.5, 0.6) is 17.2 Å². The molecule has 0 spiro atoms.